The molecule has 0 saturated heterocycles. The van der Waals surface area contributed by atoms with E-state index in [1.807, 2.05) is 6.07 Å². The van der Waals surface area contributed by atoms with Gasteiger partial charge in [0.1, 0.15) is 0 Å². The number of hydrogen-bond acceptors (Lipinski definition) is 0. The van der Waals surface area contributed by atoms with Gasteiger partial charge in [-0.2, -0.15) is 0 Å². The van der Waals surface area contributed by atoms with Crippen LogP contribution in [0.5, 0.6) is 0 Å². The quantitative estimate of drug-likeness (QED) is 0.708. The first kappa shape index (κ1) is 11.1. The minimum absolute atomic E-state index is 0.575. The average Bonchev–Trinajstić information content (AvgIpc) is 2.04. The molecule has 0 saturated carbocycles. The Bertz CT molecular complexity index is 281. The van der Waals surface area contributed by atoms with Crippen molar-refractivity contribution in [2.75, 3.05) is 5.33 Å². The van der Waals surface area contributed by atoms with Crippen LogP contribution in [0.2, 0.25) is 5.02 Å². The van der Waals surface area contributed by atoms with Crippen molar-refractivity contribution in [2.24, 2.45) is 0 Å². The van der Waals surface area contributed by atoms with Crippen LogP contribution in [0, 0.1) is 0 Å². The molecule has 0 aliphatic rings. The number of hydrogen-bond donors (Lipinski definition) is 0. The van der Waals surface area contributed by atoms with Crippen molar-refractivity contribution in [3.63, 3.8) is 0 Å². The maximum absolute atomic E-state index is 5.94. The summed E-state index contributed by atoms with van der Waals surface area (Å²) in [4.78, 5) is 0. The van der Waals surface area contributed by atoms with E-state index in [4.69, 9.17) is 11.6 Å². The Balaban J connectivity index is 3.03. The molecule has 0 heterocycles. The molecule has 1 rings (SSSR count). The predicted octanol–water partition coefficient (Wildman–Crippen LogP) is 4.40. The molecule has 0 amide bonds. The topological polar surface area (TPSA) is 0 Å². The third kappa shape index (κ3) is 2.99. The maximum atomic E-state index is 5.94. The van der Waals surface area contributed by atoms with Gasteiger partial charge in [0, 0.05) is 10.4 Å². The third-order valence-corrected chi connectivity index (χ3v) is 2.72. The average molecular weight is 262 g/mol. The zero-order chi connectivity index (χ0) is 9.84. The second kappa shape index (κ2) is 5.02. The molecular formula is C11H14BrCl. The summed E-state index contributed by atoms with van der Waals surface area (Å²) >= 11 is 9.39. The molecule has 72 valence electrons. The van der Waals surface area contributed by atoms with Crippen molar-refractivity contribution in [1.82, 2.24) is 0 Å². The Kier molecular flexibility index (Phi) is 4.27. The number of benzene rings is 1. The molecule has 2 heteroatoms. The lowest BCUT2D eigenvalue weighted by Crippen LogP contribution is -1.96. The standard InChI is InChI=1S/C11H14BrCl/c1-8(2)11-4-3-10(13)7-9(11)5-6-12/h3-4,7-8H,5-6H2,1-2H3. The van der Waals surface area contributed by atoms with Gasteiger partial charge in [0.05, 0.1) is 0 Å². The third-order valence-electron chi connectivity index (χ3n) is 2.09. The number of halogens is 2. The zero-order valence-corrected chi connectivity index (χ0v) is 10.3. The van der Waals surface area contributed by atoms with Crippen molar-refractivity contribution >= 4 is 27.5 Å². The van der Waals surface area contributed by atoms with Gasteiger partial charge in [0.15, 0.2) is 0 Å². The van der Waals surface area contributed by atoms with Crippen LogP contribution in [0.4, 0.5) is 0 Å². The molecule has 1 aromatic carbocycles. The largest absolute Gasteiger partial charge is 0.0924 e. The van der Waals surface area contributed by atoms with Crippen LogP contribution in [0.25, 0.3) is 0 Å². The molecule has 0 fully saturated rings. The Hall–Kier alpha value is -0.0100. The molecule has 0 bridgehead atoms. The first-order chi connectivity index (χ1) is 6.15. The Morgan fingerprint density at radius 3 is 2.62 bits per heavy atom. The molecule has 0 radical (unpaired) electrons. The molecule has 0 N–H and O–H groups in total. The second-order valence-corrected chi connectivity index (χ2v) is 4.67. The highest BCUT2D eigenvalue weighted by atomic mass is 79.9. The van der Waals surface area contributed by atoms with Gasteiger partial charge >= 0.3 is 0 Å². The van der Waals surface area contributed by atoms with E-state index >= 15 is 0 Å². The minimum atomic E-state index is 0.575. The van der Waals surface area contributed by atoms with Crippen molar-refractivity contribution in [2.45, 2.75) is 26.2 Å². The first-order valence-electron chi connectivity index (χ1n) is 4.49. The predicted molar refractivity (Wildman–Crippen MR) is 63.0 cm³/mol. The van der Waals surface area contributed by atoms with Gasteiger partial charge in [-0.3, -0.25) is 0 Å². The van der Waals surface area contributed by atoms with Crippen molar-refractivity contribution < 1.29 is 0 Å². The van der Waals surface area contributed by atoms with Gasteiger partial charge in [-0.25, -0.2) is 0 Å². The summed E-state index contributed by atoms with van der Waals surface area (Å²) in [7, 11) is 0. The highest BCUT2D eigenvalue weighted by molar-refractivity contribution is 9.09. The van der Waals surface area contributed by atoms with Crippen molar-refractivity contribution in [1.29, 1.82) is 0 Å². The Morgan fingerprint density at radius 1 is 1.38 bits per heavy atom. The van der Waals surface area contributed by atoms with Crippen molar-refractivity contribution in [3.8, 4) is 0 Å². The summed E-state index contributed by atoms with van der Waals surface area (Å²) in [6.07, 6.45) is 1.05. The van der Waals surface area contributed by atoms with Gasteiger partial charge in [0.2, 0.25) is 0 Å². The summed E-state index contributed by atoms with van der Waals surface area (Å²) in [5.74, 6) is 0.575. The van der Waals surface area contributed by atoms with Gasteiger partial charge in [0.25, 0.3) is 0 Å². The van der Waals surface area contributed by atoms with Gasteiger partial charge in [-0.1, -0.05) is 47.4 Å². The SMILES string of the molecule is CC(C)c1ccc(Cl)cc1CCBr. The summed E-state index contributed by atoms with van der Waals surface area (Å²) in [6.45, 7) is 4.42. The van der Waals surface area contributed by atoms with Crippen LogP contribution in [0.3, 0.4) is 0 Å². The van der Waals surface area contributed by atoms with E-state index in [9.17, 15) is 0 Å². The molecule has 13 heavy (non-hydrogen) atoms. The molecule has 0 atom stereocenters. The van der Waals surface area contributed by atoms with Crippen LogP contribution in [-0.4, -0.2) is 5.33 Å². The van der Waals surface area contributed by atoms with E-state index in [0.717, 1.165) is 16.8 Å². The lowest BCUT2D eigenvalue weighted by atomic mass is 9.96. The zero-order valence-electron chi connectivity index (χ0n) is 7.98. The summed E-state index contributed by atoms with van der Waals surface area (Å²) < 4.78 is 0. The van der Waals surface area contributed by atoms with E-state index in [-0.39, 0.29) is 0 Å². The summed E-state index contributed by atoms with van der Waals surface area (Å²) in [6, 6.07) is 6.16. The smallest absolute Gasteiger partial charge is 0.0408 e. The van der Waals surface area contributed by atoms with Crippen LogP contribution in [0.15, 0.2) is 18.2 Å². The van der Waals surface area contributed by atoms with Crippen LogP contribution < -0.4 is 0 Å². The lowest BCUT2D eigenvalue weighted by molar-refractivity contribution is 0.846. The van der Waals surface area contributed by atoms with Gasteiger partial charge in [-0.05, 0) is 35.6 Å². The van der Waals surface area contributed by atoms with E-state index < -0.39 is 0 Å². The molecule has 0 spiro atoms. The van der Waals surface area contributed by atoms with Gasteiger partial charge in [-0.15, -0.1) is 0 Å². The fourth-order valence-corrected chi connectivity index (χ4v) is 2.08. The maximum Gasteiger partial charge on any atom is 0.0408 e. The highest BCUT2D eigenvalue weighted by Crippen LogP contribution is 2.23. The molecule has 0 aromatic heterocycles. The number of aryl methyl sites for hydroxylation is 1. The lowest BCUT2D eigenvalue weighted by Gasteiger charge is -2.11. The monoisotopic (exact) mass is 260 g/mol. The van der Waals surface area contributed by atoms with E-state index in [1.54, 1.807) is 0 Å². The summed E-state index contributed by atoms with van der Waals surface area (Å²) in [5.41, 5.74) is 2.77. The van der Waals surface area contributed by atoms with E-state index in [1.165, 1.54) is 11.1 Å². The first-order valence-corrected chi connectivity index (χ1v) is 5.99. The van der Waals surface area contributed by atoms with Crippen LogP contribution >= 0.6 is 27.5 Å². The number of rotatable bonds is 3. The molecule has 0 aliphatic heterocycles. The Labute approximate surface area is 93.4 Å². The van der Waals surface area contributed by atoms with Gasteiger partial charge < -0.3 is 0 Å². The molecule has 0 nitrogen and oxygen atoms in total. The minimum Gasteiger partial charge on any atom is -0.0924 e. The van der Waals surface area contributed by atoms with Crippen LogP contribution in [-0.2, 0) is 6.42 Å². The highest BCUT2D eigenvalue weighted by Gasteiger charge is 2.06. The van der Waals surface area contributed by atoms with Crippen LogP contribution in [0.1, 0.15) is 30.9 Å². The van der Waals surface area contributed by atoms with Crippen molar-refractivity contribution in [3.05, 3.63) is 34.3 Å². The fraction of sp³-hybridized carbons (Fsp3) is 0.455. The number of alkyl halides is 1. The fourth-order valence-electron chi connectivity index (χ4n) is 1.46. The van der Waals surface area contributed by atoms with E-state index in [0.29, 0.717) is 5.92 Å². The summed E-state index contributed by atoms with van der Waals surface area (Å²) in [5, 5.41) is 1.83. The Morgan fingerprint density at radius 2 is 2.08 bits per heavy atom. The normalized spacial score (nSPS) is 10.8. The molecule has 0 aliphatic carbocycles. The molecule has 1 aromatic rings. The van der Waals surface area contributed by atoms with E-state index in [2.05, 4.69) is 41.9 Å². The molecule has 0 unspecified atom stereocenters. The molecular weight excluding hydrogens is 247 g/mol. The second-order valence-electron chi connectivity index (χ2n) is 3.44.